The van der Waals surface area contributed by atoms with Crippen molar-refractivity contribution in [3.8, 4) is 0 Å². The summed E-state index contributed by atoms with van der Waals surface area (Å²) in [6.07, 6.45) is 2.25. The molecule has 0 amide bonds. The van der Waals surface area contributed by atoms with Crippen molar-refractivity contribution in [3.63, 3.8) is 0 Å². The average Bonchev–Trinajstić information content (AvgIpc) is 2.16. The highest BCUT2D eigenvalue weighted by Gasteiger charge is 2.20. The molecule has 1 heterocycles. The Kier molecular flexibility index (Phi) is 5.24. The number of unbranched alkanes of at least 4 members (excludes halogenated alkanes) is 1. The summed E-state index contributed by atoms with van der Waals surface area (Å²) >= 11 is 1.13. The number of hydrogen-bond donors (Lipinski definition) is 1. The zero-order valence-corrected chi connectivity index (χ0v) is 9.13. The molecular weight excluding hydrogens is 204 g/mol. The van der Waals surface area contributed by atoms with Crippen molar-refractivity contribution in [2.45, 2.75) is 19.8 Å². The number of nitrogens with zero attached hydrogens (tertiary/aromatic N) is 2. The molecule has 1 N–H and O–H groups in total. The highest BCUT2D eigenvalue weighted by molar-refractivity contribution is 7.92. The van der Waals surface area contributed by atoms with Gasteiger partial charge in [-0.15, -0.1) is 0 Å². The molecule has 0 radical (unpaired) electrons. The quantitative estimate of drug-likeness (QED) is 0.550. The Hall–Kier alpha value is -0.300. The van der Waals surface area contributed by atoms with Gasteiger partial charge in [0.1, 0.15) is 18.8 Å². The first kappa shape index (κ1) is 11.8. The summed E-state index contributed by atoms with van der Waals surface area (Å²) in [5.41, 5.74) is 0. The Morgan fingerprint density at radius 3 is 2.86 bits per heavy atom. The van der Waals surface area contributed by atoms with Gasteiger partial charge in [-0.2, -0.15) is 5.06 Å². The molecule has 5 nitrogen and oxygen atoms in total. The van der Waals surface area contributed by atoms with Gasteiger partial charge in [-0.1, -0.05) is 13.3 Å². The maximum atomic E-state index is 10.4. The van der Waals surface area contributed by atoms with Gasteiger partial charge in [0.05, 0.1) is 0 Å². The number of carboxylic acids is 1. The lowest BCUT2D eigenvalue weighted by Crippen LogP contribution is -2.39. The molecule has 1 aliphatic rings. The molecule has 0 unspecified atom stereocenters. The van der Waals surface area contributed by atoms with Gasteiger partial charge >= 0.3 is 5.97 Å². The molecule has 0 aromatic rings. The summed E-state index contributed by atoms with van der Waals surface area (Å²) in [7, 11) is 0. The molecule has 0 atom stereocenters. The molecule has 1 rings (SSSR count). The topological polar surface area (TPSA) is 53.0 Å². The third kappa shape index (κ3) is 4.28. The molecule has 1 aliphatic heterocycles. The van der Waals surface area contributed by atoms with Crippen molar-refractivity contribution in [2.75, 3.05) is 26.2 Å². The summed E-state index contributed by atoms with van der Waals surface area (Å²) in [5, 5.41) is 10.4. The zero-order valence-electron chi connectivity index (χ0n) is 8.31. The Labute approximate surface area is 88.3 Å². The second-order valence-electron chi connectivity index (χ2n) is 3.19. The summed E-state index contributed by atoms with van der Waals surface area (Å²) in [6.45, 7) is 4.60. The molecule has 14 heavy (non-hydrogen) atoms. The van der Waals surface area contributed by atoms with Gasteiger partial charge in [-0.3, -0.25) is 4.79 Å². The summed E-state index contributed by atoms with van der Waals surface area (Å²) in [5.74, 6) is -0.817. The molecule has 0 bridgehead atoms. The number of hydroxylamine groups is 2. The fourth-order valence-electron chi connectivity index (χ4n) is 1.13. The minimum atomic E-state index is -0.817. The number of carbonyl (C=O) groups is 1. The number of hydrogen-bond acceptors (Lipinski definition) is 5. The van der Waals surface area contributed by atoms with Gasteiger partial charge in [-0.05, 0) is 6.42 Å². The monoisotopic (exact) mass is 220 g/mol. The van der Waals surface area contributed by atoms with Crippen LogP contribution in [0.2, 0.25) is 0 Å². The van der Waals surface area contributed by atoms with Crippen LogP contribution in [-0.4, -0.2) is 46.6 Å². The van der Waals surface area contributed by atoms with Crippen LogP contribution in [0.3, 0.4) is 0 Å². The van der Waals surface area contributed by atoms with Crippen LogP contribution in [0.1, 0.15) is 19.8 Å². The summed E-state index contributed by atoms with van der Waals surface area (Å²) < 4.78 is 7.01. The van der Waals surface area contributed by atoms with E-state index in [1.54, 1.807) is 4.31 Å². The summed E-state index contributed by atoms with van der Waals surface area (Å²) in [4.78, 5) is 10.4. The first-order valence-corrected chi connectivity index (χ1v) is 5.48. The molecule has 0 spiro atoms. The molecule has 0 saturated carbocycles. The van der Waals surface area contributed by atoms with Crippen LogP contribution in [0.15, 0.2) is 0 Å². The Morgan fingerprint density at radius 2 is 2.36 bits per heavy atom. The van der Waals surface area contributed by atoms with Gasteiger partial charge in [0.25, 0.3) is 0 Å². The van der Waals surface area contributed by atoms with Gasteiger partial charge in [0, 0.05) is 19.6 Å². The van der Waals surface area contributed by atoms with E-state index in [0.29, 0.717) is 0 Å². The van der Waals surface area contributed by atoms with Crippen LogP contribution in [0.5, 0.6) is 0 Å². The number of aliphatic carboxylic acids is 1. The summed E-state index contributed by atoms with van der Waals surface area (Å²) in [6, 6.07) is 0. The zero-order chi connectivity index (χ0) is 10.4. The third-order valence-electron chi connectivity index (χ3n) is 1.92. The minimum Gasteiger partial charge on any atom is -0.480 e. The van der Waals surface area contributed by atoms with E-state index in [-0.39, 0.29) is 6.54 Å². The van der Waals surface area contributed by atoms with Gasteiger partial charge in [0.2, 0.25) is 0 Å². The van der Waals surface area contributed by atoms with Crippen molar-refractivity contribution in [3.05, 3.63) is 0 Å². The van der Waals surface area contributed by atoms with Crippen molar-refractivity contribution in [2.24, 2.45) is 0 Å². The maximum Gasteiger partial charge on any atom is 0.318 e. The van der Waals surface area contributed by atoms with Crippen molar-refractivity contribution in [1.29, 1.82) is 0 Å². The third-order valence-corrected chi connectivity index (χ3v) is 2.72. The molecule has 0 aromatic carbocycles. The molecular formula is C8H16N2O3S. The fraction of sp³-hybridized carbons (Fsp3) is 0.875. The average molecular weight is 220 g/mol. The van der Waals surface area contributed by atoms with Crippen LogP contribution >= 0.6 is 12.2 Å². The highest BCUT2D eigenvalue weighted by Crippen LogP contribution is 2.18. The van der Waals surface area contributed by atoms with Crippen molar-refractivity contribution < 1.29 is 14.2 Å². The van der Waals surface area contributed by atoms with E-state index >= 15 is 0 Å². The molecule has 1 fully saturated rings. The van der Waals surface area contributed by atoms with Crippen LogP contribution in [0.25, 0.3) is 0 Å². The molecule has 82 valence electrons. The second-order valence-corrected chi connectivity index (χ2v) is 4.00. The predicted octanol–water partition coefficient (Wildman–Crippen LogP) is 0.984. The van der Waals surface area contributed by atoms with Crippen LogP contribution in [-0.2, 0) is 9.08 Å². The van der Waals surface area contributed by atoms with Gasteiger partial charge in [-0.25, -0.2) is 8.59 Å². The second kappa shape index (κ2) is 6.23. The van der Waals surface area contributed by atoms with Gasteiger partial charge in [0.15, 0.2) is 0 Å². The van der Waals surface area contributed by atoms with E-state index in [9.17, 15) is 4.79 Å². The van der Waals surface area contributed by atoms with E-state index in [4.69, 9.17) is 9.39 Å². The van der Waals surface area contributed by atoms with E-state index < -0.39 is 5.97 Å². The Bertz CT molecular complexity index is 183. The van der Waals surface area contributed by atoms with Crippen LogP contribution < -0.4 is 0 Å². The Morgan fingerprint density at radius 1 is 1.57 bits per heavy atom. The number of carboxylic acid groups (broad SMARTS) is 1. The molecule has 1 saturated heterocycles. The largest absolute Gasteiger partial charge is 0.480 e. The van der Waals surface area contributed by atoms with Gasteiger partial charge < -0.3 is 5.11 Å². The minimum absolute atomic E-state index is 0.0340. The lowest BCUT2D eigenvalue weighted by Gasteiger charge is -2.30. The number of rotatable bonds is 5. The predicted molar refractivity (Wildman–Crippen MR) is 54.4 cm³/mol. The lowest BCUT2D eigenvalue weighted by atomic mass is 10.3. The molecule has 0 aliphatic carbocycles. The van der Waals surface area contributed by atoms with E-state index in [1.807, 2.05) is 5.06 Å². The van der Waals surface area contributed by atoms with E-state index in [1.165, 1.54) is 0 Å². The standard InChI is InChI=1S/C8H16N2O3S/c1-2-3-4-9-5-6-10(14-13-9)7-8(11)12/h2-7H2,1H3,(H,11,12). The highest BCUT2D eigenvalue weighted by atomic mass is 32.2. The first-order valence-electron chi connectivity index (χ1n) is 4.79. The van der Waals surface area contributed by atoms with Crippen LogP contribution in [0.4, 0.5) is 0 Å². The smallest absolute Gasteiger partial charge is 0.318 e. The van der Waals surface area contributed by atoms with Crippen LogP contribution in [0, 0.1) is 0 Å². The van der Waals surface area contributed by atoms with Crippen molar-refractivity contribution >= 4 is 18.2 Å². The SMILES string of the molecule is CCCCN1CCN(CC(=O)O)SO1. The van der Waals surface area contributed by atoms with E-state index in [2.05, 4.69) is 6.92 Å². The lowest BCUT2D eigenvalue weighted by molar-refractivity contribution is -0.138. The normalized spacial score (nSPS) is 19.8. The van der Waals surface area contributed by atoms with E-state index in [0.717, 1.165) is 44.7 Å². The van der Waals surface area contributed by atoms with Crippen molar-refractivity contribution in [1.82, 2.24) is 9.37 Å². The molecule has 0 aromatic heterocycles. The maximum absolute atomic E-state index is 10.4. The fourth-order valence-corrected chi connectivity index (χ4v) is 1.79. The first-order chi connectivity index (χ1) is 6.72. The Balaban J connectivity index is 2.14. The molecule has 6 heteroatoms.